The zero-order valence-corrected chi connectivity index (χ0v) is 21.0. The van der Waals surface area contributed by atoms with E-state index in [2.05, 4.69) is 29.4 Å². The Labute approximate surface area is 205 Å². The van der Waals surface area contributed by atoms with Gasteiger partial charge in [0.2, 0.25) is 5.91 Å². The summed E-state index contributed by atoms with van der Waals surface area (Å²) in [5.41, 5.74) is 4.70. The second-order valence-corrected chi connectivity index (χ2v) is 9.31. The molecule has 2 aromatic carbocycles. The first-order valence-electron chi connectivity index (χ1n) is 11.6. The van der Waals surface area contributed by atoms with Crippen molar-refractivity contribution in [2.45, 2.75) is 46.6 Å². The minimum atomic E-state index is -0.497. The first-order valence-corrected chi connectivity index (χ1v) is 11.9. The van der Waals surface area contributed by atoms with E-state index >= 15 is 0 Å². The smallest absolute Gasteiger partial charge is 0.222 e. The molecule has 1 amide bonds. The number of fused-ring (bicyclic) bond motifs is 3. The number of halogens is 1. The number of methoxy groups -OCH3 is 1. The van der Waals surface area contributed by atoms with Crippen molar-refractivity contribution in [2.24, 2.45) is 10.9 Å². The lowest BCUT2D eigenvalue weighted by atomic mass is 9.91. The Hall–Kier alpha value is -3.19. The lowest BCUT2D eigenvalue weighted by Gasteiger charge is -2.17. The molecule has 1 unspecified atom stereocenters. The topological polar surface area (TPSA) is 81.4 Å². The summed E-state index contributed by atoms with van der Waals surface area (Å²) in [6, 6.07) is 11.3. The molecule has 7 nitrogen and oxygen atoms in total. The molecule has 1 N–H and O–H groups in total. The number of amides is 1. The maximum atomic E-state index is 12.6. The Morgan fingerprint density at radius 3 is 2.68 bits per heavy atom. The van der Waals surface area contributed by atoms with Crippen molar-refractivity contribution in [1.82, 2.24) is 20.1 Å². The quantitative estimate of drug-likeness (QED) is 0.525. The third-order valence-corrected chi connectivity index (χ3v) is 6.07. The maximum absolute atomic E-state index is 12.6. The second-order valence-electron chi connectivity index (χ2n) is 8.87. The Morgan fingerprint density at radius 1 is 1.18 bits per heavy atom. The molecule has 3 aromatic rings. The fraction of sp³-hybridized carbons (Fsp3) is 0.385. The van der Waals surface area contributed by atoms with Crippen LogP contribution in [0, 0.1) is 12.8 Å². The van der Waals surface area contributed by atoms with Gasteiger partial charge in [0.1, 0.15) is 17.6 Å². The van der Waals surface area contributed by atoms with Crippen LogP contribution in [-0.4, -0.2) is 40.0 Å². The normalized spacial score (nSPS) is 14.8. The van der Waals surface area contributed by atoms with Gasteiger partial charge < -0.3 is 10.1 Å². The van der Waals surface area contributed by atoms with Gasteiger partial charge >= 0.3 is 0 Å². The number of hydrogen-bond donors (Lipinski definition) is 1. The maximum Gasteiger partial charge on any atom is 0.222 e. The molecule has 178 valence electrons. The van der Waals surface area contributed by atoms with Gasteiger partial charge in [-0.25, -0.2) is 0 Å². The molecule has 34 heavy (non-hydrogen) atoms. The number of carbonyl (C=O) groups excluding carboxylic acids is 1. The highest BCUT2D eigenvalue weighted by Gasteiger charge is 2.30. The molecule has 0 aliphatic carbocycles. The summed E-state index contributed by atoms with van der Waals surface area (Å²) >= 11 is 6.39. The predicted octanol–water partition coefficient (Wildman–Crippen LogP) is 4.85. The lowest BCUT2D eigenvalue weighted by molar-refractivity contribution is -0.121. The zero-order valence-electron chi connectivity index (χ0n) is 20.2. The summed E-state index contributed by atoms with van der Waals surface area (Å²) in [4.78, 5) is 17.8. The average Bonchev–Trinajstić information content (AvgIpc) is 3.11. The molecule has 1 aromatic heterocycles. The minimum absolute atomic E-state index is 0.0788. The number of ether oxygens (including phenoxy) is 1. The highest BCUT2D eigenvalue weighted by Crippen LogP contribution is 2.35. The number of aromatic nitrogens is 3. The van der Waals surface area contributed by atoms with Crippen LogP contribution < -0.4 is 10.1 Å². The van der Waals surface area contributed by atoms with E-state index in [0.29, 0.717) is 23.3 Å². The average molecular weight is 480 g/mol. The van der Waals surface area contributed by atoms with Gasteiger partial charge in [0.05, 0.1) is 24.9 Å². The zero-order chi connectivity index (χ0) is 24.4. The number of benzene rings is 2. The van der Waals surface area contributed by atoms with Crippen LogP contribution in [0.4, 0.5) is 0 Å². The van der Waals surface area contributed by atoms with E-state index in [1.165, 1.54) is 0 Å². The Bertz CT molecular complexity index is 1250. The first kappa shape index (κ1) is 24.0. The van der Waals surface area contributed by atoms with Crippen LogP contribution in [0.5, 0.6) is 5.75 Å². The third kappa shape index (κ3) is 4.71. The Morgan fingerprint density at radius 2 is 1.97 bits per heavy atom. The van der Waals surface area contributed by atoms with Crippen LogP contribution in [0.1, 0.15) is 61.6 Å². The van der Waals surface area contributed by atoms with E-state index in [0.717, 1.165) is 46.1 Å². The standard InChI is InChI=1S/C26H30ClN5O2/c1-6-28-24(33)14-22-26-31-30-16(4)32(26)23-10-8-19(34-5)13-21(23)25(29-22)20-9-7-18(27)12-17(20)11-15(2)3/h7-10,12-13,15,22H,6,11,14H2,1-5H3,(H,28,33). The van der Waals surface area contributed by atoms with E-state index < -0.39 is 6.04 Å². The Kier molecular flexibility index (Phi) is 7.03. The van der Waals surface area contributed by atoms with Crippen LogP contribution in [0.25, 0.3) is 5.69 Å². The molecule has 1 aliphatic rings. The summed E-state index contributed by atoms with van der Waals surface area (Å²) in [6.45, 7) is 8.73. The second kappa shape index (κ2) is 9.97. The van der Waals surface area contributed by atoms with Gasteiger partial charge in [0.25, 0.3) is 0 Å². The van der Waals surface area contributed by atoms with Crippen molar-refractivity contribution in [3.63, 3.8) is 0 Å². The molecule has 0 spiro atoms. The monoisotopic (exact) mass is 479 g/mol. The van der Waals surface area contributed by atoms with E-state index in [1.54, 1.807) is 7.11 Å². The van der Waals surface area contributed by atoms with Crippen molar-refractivity contribution >= 4 is 23.2 Å². The number of carbonyl (C=O) groups is 1. The van der Waals surface area contributed by atoms with Crippen LogP contribution in [-0.2, 0) is 11.2 Å². The number of nitrogens with one attached hydrogen (secondary N) is 1. The first-order chi connectivity index (χ1) is 16.3. The molecule has 1 aliphatic heterocycles. The van der Waals surface area contributed by atoms with Crippen molar-refractivity contribution in [2.75, 3.05) is 13.7 Å². The van der Waals surface area contributed by atoms with Gasteiger partial charge in [-0.05, 0) is 62.1 Å². The summed E-state index contributed by atoms with van der Waals surface area (Å²) in [6.07, 6.45) is 1.02. The molecule has 0 saturated heterocycles. The number of rotatable bonds is 7. The van der Waals surface area contributed by atoms with Gasteiger partial charge in [-0.3, -0.25) is 14.4 Å². The largest absolute Gasteiger partial charge is 0.497 e. The van der Waals surface area contributed by atoms with Gasteiger partial charge in [0, 0.05) is 22.7 Å². The summed E-state index contributed by atoms with van der Waals surface area (Å²) in [5.74, 6) is 2.45. The predicted molar refractivity (Wildman–Crippen MR) is 134 cm³/mol. The van der Waals surface area contributed by atoms with Crippen molar-refractivity contribution < 1.29 is 9.53 Å². The molecule has 0 fully saturated rings. The minimum Gasteiger partial charge on any atom is -0.497 e. The Balaban J connectivity index is 2.00. The van der Waals surface area contributed by atoms with Gasteiger partial charge in [0.15, 0.2) is 5.82 Å². The molecule has 2 heterocycles. The van der Waals surface area contributed by atoms with Crippen LogP contribution >= 0.6 is 11.6 Å². The van der Waals surface area contributed by atoms with Crippen molar-refractivity contribution in [1.29, 1.82) is 0 Å². The van der Waals surface area contributed by atoms with E-state index in [1.807, 2.05) is 54.8 Å². The molecule has 1 atom stereocenters. The van der Waals surface area contributed by atoms with Gasteiger partial charge in [-0.15, -0.1) is 10.2 Å². The third-order valence-electron chi connectivity index (χ3n) is 5.84. The van der Waals surface area contributed by atoms with Crippen molar-refractivity contribution in [3.05, 3.63) is 69.8 Å². The van der Waals surface area contributed by atoms with E-state index in [4.69, 9.17) is 21.3 Å². The summed E-state index contributed by atoms with van der Waals surface area (Å²) < 4.78 is 7.55. The number of nitrogens with zero attached hydrogens (tertiary/aromatic N) is 4. The highest BCUT2D eigenvalue weighted by atomic mass is 35.5. The van der Waals surface area contributed by atoms with Gasteiger partial charge in [-0.2, -0.15) is 0 Å². The molecule has 0 saturated carbocycles. The van der Waals surface area contributed by atoms with Crippen LogP contribution in [0.2, 0.25) is 5.02 Å². The van der Waals surface area contributed by atoms with Gasteiger partial charge in [-0.1, -0.05) is 31.5 Å². The number of aryl methyl sites for hydroxylation is 1. The lowest BCUT2D eigenvalue weighted by Crippen LogP contribution is -2.25. The number of aliphatic imine (C=N–C) groups is 1. The van der Waals surface area contributed by atoms with Crippen LogP contribution in [0.3, 0.4) is 0 Å². The van der Waals surface area contributed by atoms with E-state index in [-0.39, 0.29) is 12.3 Å². The molecular formula is C26H30ClN5O2. The fourth-order valence-corrected chi connectivity index (χ4v) is 4.60. The summed E-state index contributed by atoms with van der Waals surface area (Å²) in [5, 5.41) is 12.3. The van der Waals surface area contributed by atoms with Crippen molar-refractivity contribution in [3.8, 4) is 11.4 Å². The molecular weight excluding hydrogens is 450 g/mol. The molecule has 8 heteroatoms. The molecule has 0 bridgehead atoms. The fourth-order valence-electron chi connectivity index (χ4n) is 4.40. The highest BCUT2D eigenvalue weighted by molar-refractivity contribution is 6.31. The SMILES string of the molecule is CCNC(=O)CC1N=C(c2ccc(Cl)cc2CC(C)C)c2cc(OC)ccc2-n2c(C)nnc21. The van der Waals surface area contributed by atoms with Crippen LogP contribution in [0.15, 0.2) is 41.4 Å². The molecule has 4 rings (SSSR count). The van der Waals surface area contributed by atoms with E-state index in [9.17, 15) is 4.79 Å². The number of hydrogen-bond acceptors (Lipinski definition) is 5. The molecule has 0 radical (unpaired) electrons. The summed E-state index contributed by atoms with van der Waals surface area (Å²) in [7, 11) is 1.65.